The minimum atomic E-state index is 0.702. The van der Waals surface area contributed by atoms with Gasteiger partial charge in [-0.25, -0.2) is 0 Å². The summed E-state index contributed by atoms with van der Waals surface area (Å²) in [5, 5.41) is 14.2. The molecule has 0 spiro atoms. The highest BCUT2D eigenvalue weighted by atomic mass is 32.1. The summed E-state index contributed by atoms with van der Waals surface area (Å²) in [5.74, 6) is 0.863. The van der Waals surface area contributed by atoms with E-state index in [0.717, 1.165) is 27.9 Å². The highest BCUT2D eigenvalue weighted by Gasteiger charge is 2.14. The Balaban J connectivity index is 1.55. The first-order chi connectivity index (χ1) is 11.8. The van der Waals surface area contributed by atoms with E-state index >= 15 is 0 Å². The lowest BCUT2D eigenvalue weighted by atomic mass is 10.2. The fraction of sp³-hybridized carbons (Fsp3) is 0.167. The highest BCUT2D eigenvalue weighted by Crippen LogP contribution is 2.25. The Morgan fingerprint density at radius 3 is 2.38 bits per heavy atom. The molecule has 0 radical (unpaired) electrons. The Morgan fingerprint density at radius 1 is 0.917 bits per heavy atom. The fourth-order valence-corrected chi connectivity index (χ4v) is 3.51. The molecule has 2 aromatic heterocycles. The Hall–Kier alpha value is -2.57. The first-order valence-corrected chi connectivity index (χ1v) is 8.60. The second kappa shape index (κ2) is 6.51. The molecule has 0 aliphatic heterocycles. The Labute approximate surface area is 144 Å². The summed E-state index contributed by atoms with van der Waals surface area (Å²) in [5.41, 5.74) is 2.39. The zero-order valence-corrected chi connectivity index (χ0v) is 14.1. The van der Waals surface area contributed by atoms with Crippen molar-refractivity contribution in [3.05, 3.63) is 72.1 Å². The van der Waals surface area contributed by atoms with Crippen molar-refractivity contribution in [2.75, 3.05) is 7.05 Å². The van der Waals surface area contributed by atoms with Gasteiger partial charge in [0.15, 0.2) is 5.82 Å². The lowest BCUT2D eigenvalue weighted by molar-refractivity contribution is 0.308. The van der Waals surface area contributed by atoms with Crippen molar-refractivity contribution in [2.24, 2.45) is 0 Å². The maximum absolute atomic E-state index is 4.69. The third kappa shape index (κ3) is 3.06. The summed E-state index contributed by atoms with van der Waals surface area (Å²) in [6, 6.07) is 20.6. The number of benzene rings is 2. The lowest BCUT2D eigenvalue weighted by Crippen LogP contribution is -2.19. The van der Waals surface area contributed by atoms with E-state index in [9.17, 15) is 0 Å². The number of aromatic nitrogens is 4. The maximum atomic E-state index is 4.69. The van der Waals surface area contributed by atoms with E-state index in [0.29, 0.717) is 6.54 Å². The average molecular weight is 335 g/mol. The maximum Gasteiger partial charge on any atom is 0.235 e. The molecular formula is C18H17N5S. The molecule has 4 rings (SSSR count). The summed E-state index contributed by atoms with van der Waals surface area (Å²) in [7, 11) is 2.08. The standard InChI is InChI=1S/C18H17N5S/c1-22(12-14-8-4-2-5-9-14)13-16-19-20-18-23(16)21-17(24-18)15-10-6-3-7-11-15/h2-11H,12-13H2,1H3. The van der Waals surface area contributed by atoms with Gasteiger partial charge in [-0.1, -0.05) is 72.0 Å². The van der Waals surface area contributed by atoms with Crippen LogP contribution in [0.25, 0.3) is 15.5 Å². The molecule has 0 unspecified atom stereocenters. The largest absolute Gasteiger partial charge is 0.295 e. The van der Waals surface area contributed by atoms with E-state index in [1.807, 2.05) is 28.8 Å². The van der Waals surface area contributed by atoms with E-state index in [1.165, 1.54) is 5.56 Å². The first kappa shape index (κ1) is 15.0. The highest BCUT2D eigenvalue weighted by molar-refractivity contribution is 7.19. The van der Waals surface area contributed by atoms with Gasteiger partial charge >= 0.3 is 0 Å². The van der Waals surface area contributed by atoms with Crippen LogP contribution in [0.5, 0.6) is 0 Å². The molecule has 0 N–H and O–H groups in total. The fourth-order valence-electron chi connectivity index (χ4n) is 2.65. The van der Waals surface area contributed by atoms with E-state index in [2.05, 4.69) is 63.6 Å². The Morgan fingerprint density at radius 2 is 1.62 bits per heavy atom. The molecule has 0 fully saturated rings. The van der Waals surface area contributed by atoms with Crippen molar-refractivity contribution < 1.29 is 0 Å². The molecule has 0 aliphatic rings. The zero-order chi connectivity index (χ0) is 16.4. The van der Waals surface area contributed by atoms with Crippen molar-refractivity contribution in [3.63, 3.8) is 0 Å². The van der Waals surface area contributed by atoms with Gasteiger partial charge in [-0.3, -0.25) is 4.90 Å². The number of fused-ring (bicyclic) bond motifs is 1. The second-order valence-corrected chi connectivity index (χ2v) is 6.70. The van der Waals surface area contributed by atoms with Gasteiger partial charge in [-0.15, -0.1) is 10.2 Å². The number of hydrogen-bond acceptors (Lipinski definition) is 5. The van der Waals surface area contributed by atoms with Gasteiger partial charge in [0, 0.05) is 12.1 Å². The quantitative estimate of drug-likeness (QED) is 0.560. The third-order valence-electron chi connectivity index (χ3n) is 3.78. The van der Waals surface area contributed by atoms with E-state index in [4.69, 9.17) is 0 Å². The summed E-state index contributed by atoms with van der Waals surface area (Å²) < 4.78 is 1.86. The number of hydrogen-bond donors (Lipinski definition) is 0. The molecule has 0 bridgehead atoms. The summed E-state index contributed by atoms with van der Waals surface area (Å²) in [6.45, 7) is 1.57. The molecule has 0 amide bonds. The van der Waals surface area contributed by atoms with Crippen LogP contribution in [0.3, 0.4) is 0 Å². The molecule has 0 saturated carbocycles. The van der Waals surface area contributed by atoms with Crippen LogP contribution in [0.4, 0.5) is 0 Å². The molecule has 0 atom stereocenters. The van der Waals surface area contributed by atoms with Crippen LogP contribution in [0.2, 0.25) is 0 Å². The van der Waals surface area contributed by atoms with Gasteiger partial charge in [0.25, 0.3) is 0 Å². The van der Waals surface area contributed by atoms with E-state index < -0.39 is 0 Å². The lowest BCUT2D eigenvalue weighted by Gasteiger charge is -2.14. The minimum absolute atomic E-state index is 0.702. The topological polar surface area (TPSA) is 46.3 Å². The monoisotopic (exact) mass is 335 g/mol. The predicted molar refractivity (Wildman–Crippen MR) is 95.7 cm³/mol. The van der Waals surface area contributed by atoms with Gasteiger partial charge in [-0.2, -0.15) is 9.61 Å². The molecule has 2 heterocycles. The second-order valence-electron chi connectivity index (χ2n) is 5.74. The van der Waals surface area contributed by atoms with Crippen LogP contribution in [0.15, 0.2) is 60.7 Å². The number of rotatable bonds is 5. The third-order valence-corrected chi connectivity index (χ3v) is 4.73. The van der Waals surface area contributed by atoms with Crippen molar-refractivity contribution in [3.8, 4) is 10.6 Å². The van der Waals surface area contributed by atoms with Crippen LogP contribution in [0, 0.1) is 0 Å². The van der Waals surface area contributed by atoms with Crippen molar-refractivity contribution >= 4 is 16.3 Å². The first-order valence-electron chi connectivity index (χ1n) is 7.78. The molecule has 5 nitrogen and oxygen atoms in total. The molecule has 120 valence electrons. The van der Waals surface area contributed by atoms with Crippen molar-refractivity contribution in [2.45, 2.75) is 13.1 Å². The molecule has 6 heteroatoms. The molecule has 0 saturated heterocycles. The zero-order valence-electron chi connectivity index (χ0n) is 13.3. The van der Waals surface area contributed by atoms with Gasteiger partial charge in [0.2, 0.25) is 4.96 Å². The van der Waals surface area contributed by atoms with Crippen molar-refractivity contribution in [1.29, 1.82) is 0 Å². The minimum Gasteiger partial charge on any atom is -0.295 e. The smallest absolute Gasteiger partial charge is 0.235 e. The van der Waals surface area contributed by atoms with Crippen LogP contribution in [-0.2, 0) is 13.1 Å². The molecule has 24 heavy (non-hydrogen) atoms. The molecular weight excluding hydrogens is 318 g/mol. The SMILES string of the molecule is CN(Cc1ccccc1)Cc1nnc2sc(-c3ccccc3)nn12. The summed E-state index contributed by atoms with van der Waals surface area (Å²) >= 11 is 1.56. The van der Waals surface area contributed by atoms with Crippen molar-refractivity contribution in [1.82, 2.24) is 24.7 Å². The van der Waals surface area contributed by atoms with Gasteiger partial charge in [-0.05, 0) is 12.6 Å². The van der Waals surface area contributed by atoms with Crippen LogP contribution in [-0.4, -0.2) is 31.8 Å². The number of nitrogens with zero attached hydrogens (tertiary/aromatic N) is 5. The Kier molecular flexibility index (Phi) is 4.06. The van der Waals surface area contributed by atoms with Crippen LogP contribution in [0.1, 0.15) is 11.4 Å². The van der Waals surface area contributed by atoms with Crippen LogP contribution >= 0.6 is 11.3 Å². The molecule has 2 aromatic carbocycles. The van der Waals surface area contributed by atoms with E-state index in [1.54, 1.807) is 11.3 Å². The van der Waals surface area contributed by atoms with Crippen LogP contribution < -0.4 is 0 Å². The average Bonchev–Trinajstić information content (AvgIpc) is 3.19. The van der Waals surface area contributed by atoms with Gasteiger partial charge in [0.05, 0.1) is 6.54 Å². The van der Waals surface area contributed by atoms with Gasteiger partial charge < -0.3 is 0 Å². The van der Waals surface area contributed by atoms with E-state index in [-0.39, 0.29) is 0 Å². The predicted octanol–water partition coefficient (Wildman–Crippen LogP) is 3.48. The molecule has 0 aliphatic carbocycles. The summed E-state index contributed by atoms with van der Waals surface area (Å²) in [4.78, 5) is 3.05. The normalized spacial score (nSPS) is 11.4. The molecule has 4 aromatic rings. The summed E-state index contributed by atoms with van der Waals surface area (Å²) in [6.07, 6.45) is 0. The van der Waals surface area contributed by atoms with Gasteiger partial charge in [0.1, 0.15) is 5.01 Å². The Bertz CT molecular complexity index is 930.